The van der Waals surface area contributed by atoms with E-state index < -0.39 is 0 Å². The molecule has 1 N–H and O–H groups in total. The monoisotopic (exact) mass is 380 g/mol. The van der Waals surface area contributed by atoms with Crippen LogP contribution in [0.15, 0.2) is 59.0 Å². The van der Waals surface area contributed by atoms with Gasteiger partial charge >= 0.3 is 0 Å². The second kappa shape index (κ2) is 9.19. The summed E-state index contributed by atoms with van der Waals surface area (Å²) < 4.78 is 5.19. The highest BCUT2D eigenvalue weighted by atomic mass is 32.1. The molecule has 1 aromatic heterocycles. The number of hydrogen-bond donors (Lipinski definition) is 1. The maximum absolute atomic E-state index is 5.19. The first-order valence-corrected chi connectivity index (χ1v) is 9.85. The quantitative estimate of drug-likeness (QED) is 0.436. The molecule has 0 saturated carbocycles. The minimum atomic E-state index is 0.761. The van der Waals surface area contributed by atoms with Crippen molar-refractivity contribution in [1.29, 1.82) is 0 Å². The van der Waals surface area contributed by atoms with Crippen molar-refractivity contribution in [1.82, 2.24) is 4.98 Å². The molecule has 0 radical (unpaired) electrons. The number of anilines is 2. The van der Waals surface area contributed by atoms with Crippen molar-refractivity contribution < 1.29 is 4.74 Å². The number of hydrogen-bond acceptors (Lipinski definition) is 6. The van der Waals surface area contributed by atoms with E-state index in [4.69, 9.17) is 4.74 Å². The zero-order valence-electron chi connectivity index (χ0n) is 15.8. The normalized spacial score (nSPS) is 10.9. The van der Waals surface area contributed by atoms with E-state index >= 15 is 0 Å². The van der Waals surface area contributed by atoms with Crippen LogP contribution >= 0.6 is 11.3 Å². The van der Waals surface area contributed by atoms with Crippen LogP contribution in [0, 0.1) is 0 Å². The fourth-order valence-corrected chi connectivity index (χ4v) is 3.41. The molecule has 27 heavy (non-hydrogen) atoms. The summed E-state index contributed by atoms with van der Waals surface area (Å²) in [7, 11) is 1.66. The van der Waals surface area contributed by atoms with Crippen LogP contribution in [0.3, 0.4) is 0 Å². The van der Waals surface area contributed by atoms with Crippen molar-refractivity contribution in [3.05, 3.63) is 59.5 Å². The minimum Gasteiger partial charge on any atom is -0.497 e. The molecule has 0 fully saturated rings. The molecule has 0 bridgehead atoms. The summed E-state index contributed by atoms with van der Waals surface area (Å²) >= 11 is 1.53. The Morgan fingerprint density at radius 2 is 1.78 bits per heavy atom. The van der Waals surface area contributed by atoms with Crippen molar-refractivity contribution in [2.75, 3.05) is 30.5 Å². The minimum absolute atomic E-state index is 0.761. The van der Waals surface area contributed by atoms with Gasteiger partial charge in [-0.05, 0) is 55.8 Å². The number of nitrogens with zero attached hydrogens (tertiary/aromatic N) is 3. The first-order valence-electron chi connectivity index (χ1n) is 8.97. The maximum Gasteiger partial charge on any atom is 0.203 e. The average Bonchev–Trinajstić information content (AvgIpc) is 3.19. The molecule has 0 atom stereocenters. The predicted molar refractivity (Wildman–Crippen MR) is 115 cm³/mol. The first-order chi connectivity index (χ1) is 13.2. The summed E-state index contributed by atoms with van der Waals surface area (Å²) in [5, 5.41) is 7.07. The van der Waals surface area contributed by atoms with Crippen LogP contribution in [0.25, 0.3) is 11.3 Å². The van der Waals surface area contributed by atoms with Gasteiger partial charge in [-0.15, -0.1) is 11.3 Å². The predicted octanol–water partition coefficient (Wildman–Crippen LogP) is 5.11. The molecule has 3 aromatic rings. The molecule has 0 unspecified atom stereocenters. The Labute approximate surface area is 164 Å². The molecule has 140 valence electrons. The highest BCUT2D eigenvalue weighted by molar-refractivity contribution is 7.14. The maximum atomic E-state index is 5.19. The lowest BCUT2D eigenvalue weighted by molar-refractivity contribution is 0.415. The molecule has 5 nitrogen and oxygen atoms in total. The second-order valence-electron chi connectivity index (χ2n) is 5.90. The van der Waals surface area contributed by atoms with Gasteiger partial charge in [0.25, 0.3) is 0 Å². The Morgan fingerprint density at radius 1 is 1.07 bits per heavy atom. The van der Waals surface area contributed by atoms with Crippen LogP contribution in [0.5, 0.6) is 5.75 Å². The van der Waals surface area contributed by atoms with Gasteiger partial charge in [-0.2, -0.15) is 5.10 Å². The average molecular weight is 381 g/mol. The summed E-state index contributed by atoms with van der Waals surface area (Å²) in [6.45, 7) is 6.34. The van der Waals surface area contributed by atoms with Crippen LogP contribution in [0.1, 0.15) is 19.4 Å². The lowest BCUT2D eigenvalue weighted by Crippen LogP contribution is -2.21. The van der Waals surface area contributed by atoms with E-state index in [2.05, 4.69) is 58.5 Å². The van der Waals surface area contributed by atoms with E-state index in [-0.39, 0.29) is 0 Å². The van der Waals surface area contributed by atoms with Gasteiger partial charge in [0.15, 0.2) is 0 Å². The van der Waals surface area contributed by atoms with E-state index in [1.54, 1.807) is 13.3 Å². The Balaban J connectivity index is 1.60. The van der Waals surface area contributed by atoms with Crippen molar-refractivity contribution in [3.8, 4) is 17.0 Å². The van der Waals surface area contributed by atoms with E-state index in [1.165, 1.54) is 17.0 Å². The first kappa shape index (κ1) is 18.9. The van der Waals surface area contributed by atoms with Crippen LogP contribution < -0.4 is 15.1 Å². The summed E-state index contributed by atoms with van der Waals surface area (Å²) in [5.74, 6) is 0.837. The molecule has 3 rings (SSSR count). The zero-order chi connectivity index (χ0) is 19.1. The standard InChI is InChI=1S/C21H24N4OS/c1-4-25(5-2)18-10-6-16(7-11-18)14-22-24-21-23-20(15-27-21)17-8-12-19(26-3)13-9-17/h6-15H,4-5H2,1-3H3,(H,23,24)/b22-14+. The van der Waals surface area contributed by atoms with Gasteiger partial charge in [0.1, 0.15) is 5.75 Å². The third-order valence-electron chi connectivity index (χ3n) is 4.29. The number of rotatable bonds is 8. The molecule has 0 aliphatic rings. The Hall–Kier alpha value is -2.86. The molecule has 0 spiro atoms. The van der Waals surface area contributed by atoms with Crippen molar-refractivity contribution in [2.45, 2.75) is 13.8 Å². The Bertz CT molecular complexity index is 868. The van der Waals surface area contributed by atoms with Gasteiger partial charge in [-0.25, -0.2) is 4.98 Å². The van der Waals surface area contributed by atoms with Gasteiger partial charge in [0, 0.05) is 29.7 Å². The summed E-state index contributed by atoms with van der Waals surface area (Å²) in [5.41, 5.74) is 7.26. The molecule has 0 amide bonds. The molecule has 0 aliphatic carbocycles. The number of benzene rings is 2. The van der Waals surface area contributed by atoms with Crippen LogP contribution in [0.2, 0.25) is 0 Å². The molecule has 1 heterocycles. The van der Waals surface area contributed by atoms with Gasteiger partial charge < -0.3 is 9.64 Å². The Morgan fingerprint density at radius 3 is 2.41 bits per heavy atom. The second-order valence-corrected chi connectivity index (χ2v) is 6.76. The number of thiazole rings is 1. The topological polar surface area (TPSA) is 49.8 Å². The highest BCUT2D eigenvalue weighted by Crippen LogP contribution is 2.26. The van der Waals surface area contributed by atoms with Gasteiger partial charge in [-0.1, -0.05) is 12.1 Å². The lowest BCUT2D eigenvalue weighted by Gasteiger charge is -2.20. The highest BCUT2D eigenvalue weighted by Gasteiger charge is 2.04. The van der Waals surface area contributed by atoms with Crippen molar-refractivity contribution in [2.24, 2.45) is 5.10 Å². The third kappa shape index (κ3) is 4.86. The lowest BCUT2D eigenvalue weighted by atomic mass is 10.2. The summed E-state index contributed by atoms with van der Waals surface area (Å²) in [4.78, 5) is 6.89. The summed E-state index contributed by atoms with van der Waals surface area (Å²) in [6, 6.07) is 16.3. The van der Waals surface area contributed by atoms with Crippen molar-refractivity contribution >= 4 is 28.4 Å². The van der Waals surface area contributed by atoms with Crippen LogP contribution in [-0.4, -0.2) is 31.4 Å². The largest absolute Gasteiger partial charge is 0.497 e. The van der Waals surface area contributed by atoms with Crippen LogP contribution in [-0.2, 0) is 0 Å². The molecule has 2 aromatic carbocycles. The fraction of sp³-hybridized carbons (Fsp3) is 0.238. The molecular formula is C21H24N4OS. The number of aromatic nitrogens is 1. The Kier molecular flexibility index (Phi) is 6.44. The van der Waals surface area contributed by atoms with E-state index in [9.17, 15) is 0 Å². The number of methoxy groups -OCH3 is 1. The van der Waals surface area contributed by atoms with Crippen LogP contribution in [0.4, 0.5) is 10.8 Å². The number of hydrazone groups is 1. The summed E-state index contributed by atoms with van der Waals surface area (Å²) in [6.07, 6.45) is 1.81. The molecule has 6 heteroatoms. The molecular weight excluding hydrogens is 356 g/mol. The fourth-order valence-electron chi connectivity index (χ4n) is 2.74. The van der Waals surface area contributed by atoms with Gasteiger partial charge in [0.2, 0.25) is 5.13 Å². The van der Waals surface area contributed by atoms with Gasteiger partial charge in [-0.3, -0.25) is 5.43 Å². The smallest absolute Gasteiger partial charge is 0.203 e. The molecule has 0 saturated heterocycles. The number of ether oxygens (including phenoxy) is 1. The van der Waals surface area contributed by atoms with E-state index in [0.717, 1.165) is 40.8 Å². The molecule has 0 aliphatic heterocycles. The SMILES string of the molecule is CCN(CC)c1ccc(/C=N/Nc2nc(-c3ccc(OC)cc3)cs2)cc1. The zero-order valence-corrected chi connectivity index (χ0v) is 16.7. The van der Waals surface area contributed by atoms with E-state index in [0.29, 0.717) is 0 Å². The number of nitrogens with one attached hydrogen (secondary N) is 1. The van der Waals surface area contributed by atoms with Gasteiger partial charge in [0.05, 0.1) is 19.0 Å². The van der Waals surface area contributed by atoms with Crippen molar-refractivity contribution in [3.63, 3.8) is 0 Å². The third-order valence-corrected chi connectivity index (χ3v) is 5.03. The van der Waals surface area contributed by atoms with E-state index in [1.807, 2.05) is 29.6 Å².